The minimum Gasteiger partial charge on any atom is -0.466 e. The standard InChI is InChI=1S/C13H18N2O2S/c1-2-17-12(16)8-5-9-15-11-7-4-3-6-10(11)13(14)18/h3-4,6-7,15H,2,5,8-9H2,1H3,(H2,14,18). The lowest BCUT2D eigenvalue weighted by atomic mass is 10.1. The Kier molecular flexibility index (Phi) is 6.14. The van der Waals surface area contributed by atoms with Crippen molar-refractivity contribution >= 4 is 28.9 Å². The van der Waals surface area contributed by atoms with Crippen molar-refractivity contribution < 1.29 is 9.53 Å². The van der Waals surface area contributed by atoms with Crippen LogP contribution in [0.5, 0.6) is 0 Å². The van der Waals surface area contributed by atoms with Gasteiger partial charge >= 0.3 is 5.97 Å². The van der Waals surface area contributed by atoms with Crippen LogP contribution in [-0.2, 0) is 9.53 Å². The Labute approximate surface area is 113 Å². The van der Waals surface area contributed by atoms with E-state index in [9.17, 15) is 4.79 Å². The number of rotatable bonds is 7. The van der Waals surface area contributed by atoms with E-state index in [2.05, 4.69) is 5.32 Å². The van der Waals surface area contributed by atoms with Gasteiger partial charge in [0.05, 0.1) is 6.61 Å². The van der Waals surface area contributed by atoms with E-state index in [0.29, 0.717) is 31.0 Å². The fourth-order valence-corrected chi connectivity index (χ4v) is 1.72. The van der Waals surface area contributed by atoms with Crippen molar-refractivity contribution in [1.29, 1.82) is 0 Å². The van der Waals surface area contributed by atoms with Crippen LogP contribution >= 0.6 is 12.2 Å². The average Bonchev–Trinajstić information content (AvgIpc) is 2.35. The number of hydrogen-bond donors (Lipinski definition) is 2. The fourth-order valence-electron chi connectivity index (χ4n) is 1.54. The molecule has 0 aromatic heterocycles. The van der Waals surface area contributed by atoms with Crippen LogP contribution in [0.4, 0.5) is 5.69 Å². The van der Waals surface area contributed by atoms with Crippen molar-refractivity contribution in [2.45, 2.75) is 19.8 Å². The fraction of sp³-hybridized carbons (Fsp3) is 0.385. The van der Waals surface area contributed by atoms with E-state index in [1.807, 2.05) is 24.3 Å². The highest BCUT2D eigenvalue weighted by atomic mass is 32.1. The van der Waals surface area contributed by atoms with E-state index in [-0.39, 0.29) is 5.97 Å². The van der Waals surface area contributed by atoms with Crippen molar-refractivity contribution in [3.05, 3.63) is 29.8 Å². The number of thiocarbonyl (C=S) groups is 1. The molecular formula is C13H18N2O2S. The normalized spacial score (nSPS) is 9.83. The SMILES string of the molecule is CCOC(=O)CCCNc1ccccc1C(N)=S. The Morgan fingerprint density at radius 1 is 1.44 bits per heavy atom. The third-order valence-electron chi connectivity index (χ3n) is 2.37. The van der Waals surface area contributed by atoms with Crippen LogP contribution in [0.15, 0.2) is 24.3 Å². The summed E-state index contributed by atoms with van der Waals surface area (Å²) in [5, 5.41) is 3.22. The second-order valence-electron chi connectivity index (χ2n) is 3.75. The monoisotopic (exact) mass is 266 g/mol. The van der Waals surface area contributed by atoms with E-state index >= 15 is 0 Å². The van der Waals surface area contributed by atoms with E-state index < -0.39 is 0 Å². The Balaban J connectivity index is 2.40. The van der Waals surface area contributed by atoms with Crippen LogP contribution < -0.4 is 11.1 Å². The molecule has 0 aliphatic carbocycles. The third kappa shape index (κ3) is 4.71. The lowest BCUT2D eigenvalue weighted by Gasteiger charge is -2.10. The molecule has 0 aliphatic rings. The number of nitrogens with one attached hydrogen (secondary N) is 1. The molecule has 1 aromatic rings. The minimum absolute atomic E-state index is 0.165. The molecule has 0 bridgehead atoms. The number of esters is 1. The summed E-state index contributed by atoms with van der Waals surface area (Å²) in [6.07, 6.45) is 1.13. The van der Waals surface area contributed by atoms with Gasteiger partial charge in [-0.3, -0.25) is 4.79 Å². The molecule has 0 heterocycles. The maximum atomic E-state index is 11.1. The summed E-state index contributed by atoms with van der Waals surface area (Å²) in [7, 11) is 0. The molecule has 0 unspecified atom stereocenters. The number of anilines is 1. The maximum absolute atomic E-state index is 11.1. The number of carbonyl (C=O) groups is 1. The minimum atomic E-state index is -0.165. The van der Waals surface area contributed by atoms with E-state index in [1.54, 1.807) is 6.92 Å². The van der Waals surface area contributed by atoms with Gasteiger partial charge in [0.25, 0.3) is 0 Å². The van der Waals surface area contributed by atoms with Crippen molar-refractivity contribution in [3.63, 3.8) is 0 Å². The van der Waals surface area contributed by atoms with Crippen molar-refractivity contribution in [2.24, 2.45) is 5.73 Å². The van der Waals surface area contributed by atoms with Crippen LogP contribution in [0.25, 0.3) is 0 Å². The molecule has 0 saturated heterocycles. The molecule has 4 nitrogen and oxygen atoms in total. The van der Waals surface area contributed by atoms with Crippen molar-refractivity contribution in [2.75, 3.05) is 18.5 Å². The van der Waals surface area contributed by atoms with Crippen molar-refractivity contribution in [3.8, 4) is 0 Å². The molecule has 0 spiro atoms. The van der Waals surface area contributed by atoms with E-state index in [0.717, 1.165) is 11.3 Å². The van der Waals surface area contributed by atoms with Gasteiger partial charge in [-0.2, -0.15) is 0 Å². The Morgan fingerprint density at radius 3 is 2.83 bits per heavy atom. The lowest BCUT2D eigenvalue weighted by Crippen LogP contribution is -2.14. The second kappa shape index (κ2) is 7.66. The van der Waals surface area contributed by atoms with Crippen LogP contribution in [0.3, 0.4) is 0 Å². The number of carbonyl (C=O) groups excluding carboxylic acids is 1. The zero-order valence-corrected chi connectivity index (χ0v) is 11.3. The number of nitrogens with two attached hydrogens (primary N) is 1. The number of hydrogen-bond acceptors (Lipinski definition) is 4. The van der Waals surface area contributed by atoms with Gasteiger partial charge in [-0.15, -0.1) is 0 Å². The summed E-state index contributed by atoms with van der Waals surface area (Å²) in [5.41, 5.74) is 7.34. The topological polar surface area (TPSA) is 64.3 Å². The quantitative estimate of drug-likeness (QED) is 0.449. The van der Waals surface area contributed by atoms with Gasteiger partial charge in [-0.25, -0.2) is 0 Å². The molecule has 0 radical (unpaired) electrons. The average molecular weight is 266 g/mol. The van der Waals surface area contributed by atoms with Gasteiger partial charge in [-0.1, -0.05) is 24.4 Å². The summed E-state index contributed by atoms with van der Waals surface area (Å²) < 4.78 is 4.85. The van der Waals surface area contributed by atoms with Crippen LogP contribution in [0.1, 0.15) is 25.3 Å². The van der Waals surface area contributed by atoms with Crippen molar-refractivity contribution in [1.82, 2.24) is 0 Å². The molecule has 5 heteroatoms. The van der Waals surface area contributed by atoms with Gasteiger partial charge in [-0.05, 0) is 25.5 Å². The Hall–Kier alpha value is -1.62. The summed E-state index contributed by atoms with van der Waals surface area (Å²) in [6.45, 7) is 2.91. The van der Waals surface area contributed by atoms with Gasteiger partial charge in [0.15, 0.2) is 0 Å². The zero-order chi connectivity index (χ0) is 13.4. The predicted molar refractivity (Wildman–Crippen MR) is 76.7 cm³/mol. The summed E-state index contributed by atoms with van der Waals surface area (Å²) in [5.74, 6) is -0.165. The first-order valence-electron chi connectivity index (χ1n) is 5.93. The third-order valence-corrected chi connectivity index (χ3v) is 2.59. The van der Waals surface area contributed by atoms with Crippen LogP contribution in [0.2, 0.25) is 0 Å². The molecule has 1 aromatic carbocycles. The largest absolute Gasteiger partial charge is 0.466 e. The summed E-state index contributed by atoms with van der Waals surface area (Å²) >= 11 is 4.97. The highest BCUT2D eigenvalue weighted by Crippen LogP contribution is 2.14. The maximum Gasteiger partial charge on any atom is 0.305 e. The molecule has 3 N–H and O–H groups in total. The van der Waals surface area contributed by atoms with E-state index in [4.69, 9.17) is 22.7 Å². The van der Waals surface area contributed by atoms with Gasteiger partial charge < -0.3 is 15.8 Å². The molecule has 0 aliphatic heterocycles. The molecule has 0 atom stereocenters. The molecule has 0 amide bonds. The van der Waals surface area contributed by atoms with E-state index in [1.165, 1.54) is 0 Å². The highest BCUT2D eigenvalue weighted by Gasteiger charge is 2.04. The van der Waals surface area contributed by atoms with Gasteiger partial charge in [0.1, 0.15) is 4.99 Å². The number of ether oxygens (including phenoxy) is 1. The second-order valence-corrected chi connectivity index (χ2v) is 4.19. The smallest absolute Gasteiger partial charge is 0.305 e. The Bertz CT molecular complexity index is 421. The molecule has 98 valence electrons. The zero-order valence-electron chi connectivity index (χ0n) is 10.4. The Morgan fingerprint density at radius 2 is 2.17 bits per heavy atom. The predicted octanol–water partition coefficient (Wildman–Crippen LogP) is 2.08. The summed E-state index contributed by atoms with van der Waals surface area (Å²) in [4.78, 5) is 11.5. The molecule has 1 rings (SSSR count). The first-order chi connectivity index (χ1) is 8.65. The van der Waals surface area contributed by atoms with Gasteiger partial charge in [0.2, 0.25) is 0 Å². The highest BCUT2D eigenvalue weighted by molar-refractivity contribution is 7.80. The lowest BCUT2D eigenvalue weighted by molar-refractivity contribution is -0.143. The first kappa shape index (κ1) is 14.4. The number of benzene rings is 1. The molecule has 0 saturated carbocycles. The van der Waals surface area contributed by atoms with Crippen LogP contribution in [0, 0.1) is 0 Å². The molecular weight excluding hydrogens is 248 g/mol. The molecule has 18 heavy (non-hydrogen) atoms. The first-order valence-corrected chi connectivity index (χ1v) is 6.34. The van der Waals surface area contributed by atoms with Gasteiger partial charge in [0, 0.05) is 24.2 Å². The summed E-state index contributed by atoms with van der Waals surface area (Å²) in [6, 6.07) is 7.59. The number of para-hydroxylation sites is 1. The van der Waals surface area contributed by atoms with Crippen LogP contribution in [-0.4, -0.2) is 24.1 Å². The molecule has 0 fully saturated rings.